The van der Waals surface area contributed by atoms with Gasteiger partial charge in [-0.05, 0) is 32.2 Å². The summed E-state index contributed by atoms with van der Waals surface area (Å²) in [6, 6.07) is 0.473. The van der Waals surface area contributed by atoms with Gasteiger partial charge in [0.05, 0.1) is 0 Å². The number of aliphatic hydroxyl groups excluding tert-OH is 1. The maximum atomic E-state index is 8.78. The molecule has 0 aromatic rings. The lowest BCUT2D eigenvalue weighted by Crippen LogP contribution is -2.29. The molecule has 0 spiro atoms. The molecular weight excluding hydrogens is 186 g/mol. The van der Waals surface area contributed by atoms with Gasteiger partial charge in [-0.2, -0.15) is 0 Å². The minimum atomic E-state index is 0.303. The smallest absolute Gasteiger partial charge is 0.0445 e. The Morgan fingerprint density at radius 3 is 2.47 bits per heavy atom. The maximum absolute atomic E-state index is 8.78. The molecular formula is C13H27NO. The van der Waals surface area contributed by atoms with Crippen molar-refractivity contribution >= 4 is 0 Å². The van der Waals surface area contributed by atoms with E-state index in [2.05, 4.69) is 12.2 Å². The molecule has 0 aromatic carbocycles. The van der Waals surface area contributed by atoms with E-state index in [9.17, 15) is 0 Å². The first-order chi connectivity index (χ1) is 7.33. The van der Waals surface area contributed by atoms with Crippen LogP contribution in [0.4, 0.5) is 0 Å². The molecule has 1 fully saturated rings. The highest BCUT2D eigenvalue weighted by molar-refractivity contribution is 4.67. The zero-order chi connectivity index (χ0) is 10.9. The van der Waals surface area contributed by atoms with Crippen molar-refractivity contribution in [3.63, 3.8) is 0 Å². The van der Waals surface area contributed by atoms with Crippen LogP contribution < -0.4 is 5.32 Å². The number of aliphatic hydroxyl groups is 1. The summed E-state index contributed by atoms with van der Waals surface area (Å²) < 4.78 is 0. The van der Waals surface area contributed by atoms with Gasteiger partial charge in [-0.3, -0.25) is 0 Å². The molecule has 2 heteroatoms. The average molecular weight is 213 g/mol. The summed E-state index contributed by atoms with van der Waals surface area (Å²) in [5.41, 5.74) is 0. The topological polar surface area (TPSA) is 32.3 Å². The van der Waals surface area contributed by atoms with E-state index in [0.29, 0.717) is 12.6 Å². The molecule has 1 unspecified atom stereocenters. The standard InChI is InChI=1S/C13H27NO/c1-12(9-11-15)14-10-8-13-6-4-2-3-5-7-13/h12-15H,2-11H2,1H3. The van der Waals surface area contributed by atoms with Gasteiger partial charge in [0.1, 0.15) is 0 Å². The van der Waals surface area contributed by atoms with Crippen molar-refractivity contribution < 1.29 is 5.11 Å². The van der Waals surface area contributed by atoms with Crippen LogP contribution >= 0.6 is 0 Å². The Morgan fingerprint density at radius 2 is 1.87 bits per heavy atom. The van der Waals surface area contributed by atoms with E-state index in [1.54, 1.807) is 0 Å². The quantitative estimate of drug-likeness (QED) is 0.665. The van der Waals surface area contributed by atoms with Crippen LogP contribution in [0.15, 0.2) is 0 Å². The Kier molecular flexibility index (Phi) is 7.03. The summed E-state index contributed by atoms with van der Waals surface area (Å²) in [6.45, 7) is 3.59. The lowest BCUT2D eigenvalue weighted by atomic mass is 9.96. The highest BCUT2D eigenvalue weighted by Gasteiger charge is 2.11. The largest absolute Gasteiger partial charge is 0.396 e. The fourth-order valence-corrected chi connectivity index (χ4v) is 2.48. The second kappa shape index (κ2) is 8.12. The van der Waals surface area contributed by atoms with Crippen molar-refractivity contribution in [3.05, 3.63) is 0 Å². The van der Waals surface area contributed by atoms with E-state index < -0.39 is 0 Å². The van der Waals surface area contributed by atoms with Crippen LogP contribution in [-0.4, -0.2) is 24.3 Å². The molecule has 1 atom stereocenters. The van der Waals surface area contributed by atoms with Crippen molar-refractivity contribution in [1.82, 2.24) is 5.32 Å². The van der Waals surface area contributed by atoms with Crippen molar-refractivity contribution in [2.24, 2.45) is 5.92 Å². The van der Waals surface area contributed by atoms with Gasteiger partial charge in [-0.15, -0.1) is 0 Å². The molecule has 0 amide bonds. The van der Waals surface area contributed by atoms with Crippen LogP contribution in [0.25, 0.3) is 0 Å². The SMILES string of the molecule is CC(CCO)NCCC1CCCCCC1. The molecule has 1 aliphatic carbocycles. The van der Waals surface area contributed by atoms with Crippen LogP contribution in [0.5, 0.6) is 0 Å². The predicted molar refractivity (Wildman–Crippen MR) is 65.0 cm³/mol. The van der Waals surface area contributed by atoms with Gasteiger partial charge >= 0.3 is 0 Å². The van der Waals surface area contributed by atoms with E-state index in [1.807, 2.05) is 0 Å². The van der Waals surface area contributed by atoms with Crippen LogP contribution in [0.1, 0.15) is 58.3 Å². The molecule has 15 heavy (non-hydrogen) atoms. The Bertz CT molecular complexity index is 141. The molecule has 0 saturated heterocycles. The number of rotatable bonds is 6. The summed E-state index contributed by atoms with van der Waals surface area (Å²) in [6.07, 6.45) is 10.9. The van der Waals surface area contributed by atoms with Crippen molar-refractivity contribution in [2.75, 3.05) is 13.2 Å². The maximum Gasteiger partial charge on any atom is 0.0445 e. The van der Waals surface area contributed by atoms with Crippen LogP contribution in [0.3, 0.4) is 0 Å². The van der Waals surface area contributed by atoms with E-state index in [1.165, 1.54) is 44.9 Å². The lowest BCUT2D eigenvalue weighted by Gasteiger charge is -2.17. The van der Waals surface area contributed by atoms with Gasteiger partial charge in [0.25, 0.3) is 0 Å². The zero-order valence-electron chi connectivity index (χ0n) is 10.2. The molecule has 0 bridgehead atoms. The minimum absolute atomic E-state index is 0.303. The molecule has 0 heterocycles. The van der Waals surface area contributed by atoms with Gasteiger partial charge in [-0.1, -0.05) is 38.5 Å². The van der Waals surface area contributed by atoms with Gasteiger partial charge in [0.2, 0.25) is 0 Å². The summed E-state index contributed by atoms with van der Waals surface area (Å²) in [5.74, 6) is 0.960. The molecule has 90 valence electrons. The number of hydrogen-bond acceptors (Lipinski definition) is 2. The molecule has 2 N–H and O–H groups in total. The second-order valence-corrected chi connectivity index (χ2v) is 5.01. The van der Waals surface area contributed by atoms with Gasteiger partial charge in [-0.25, -0.2) is 0 Å². The minimum Gasteiger partial charge on any atom is -0.396 e. The monoisotopic (exact) mass is 213 g/mol. The third-order valence-electron chi connectivity index (χ3n) is 3.58. The molecule has 1 saturated carbocycles. The van der Waals surface area contributed by atoms with E-state index in [4.69, 9.17) is 5.11 Å². The molecule has 0 aliphatic heterocycles. The van der Waals surface area contributed by atoms with Gasteiger partial charge in [0.15, 0.2) is 0 Å². The van der Waals surface area contributed by atoms with Crippen LogP contribution in [0, 0.1) is 5.92 Å². The Labute approximate surface area is 94.5 Å². The first kappa shape index (κ1) is 13.0. The summed E-state index contributed by atoms with van der Waals surface area (Å²) in [7, 11) is 0. The Morgan fingerprint density at radius 1 is 1.20 bits per heavy atom. The fraction of sp³-hybridized carbons (Fsp3) is 1.00. The highest BCUT2D eigenvalue weighted by Crippen LogP contribution is 2.24. The fourth-order valence-electron chi connectivity index (χ4n) is 2.48. The van der Waals surface area contributed by atoms with Crippen molar-refractivity contribution in [2.45, 2.75) is 64.3 Å². The Balaban J connectivity index is 2.02. The highest BCUT2D eigenvalue weighted by atomic mass is 16.3. The predicted octanol–water partition coefficient (Wildman–Crippen LogP) is 2.71. The van der Waals surface area contributed by atoms with Crippen LogP contribution in [0.2, 0.25) is 0 Å². The summed E-state index contributed by atoms with van der Waals surface area (Å²) in [4.78, 5) is 0. The van der Waals surface area contributed by atoms with Crippen LogP contribution in [-0.2, 0) is 0 Å². The molecule has 0 radical (unpaired) electrons. The normalized spacial score (nSPS) is 21.2. The third kappa shape index (κ3) is 6.16. The van der Waals surface area contributed by atoms with E-state index >= 15 is 0 Å². The third-order valence-corrected chi connectivity index (χ3v) is 3.58. The summed E-state index contributed by atoms with van der Waals surface area (Å²) >= 11 is 0. The van der Waals surface area contributed by atoms with Gasteiger partial charge in [0, 0.05) is 12.6 Å². The molecule has 0 aromatic heterocycles. The average Bonchev–Trinajstić information content (AvgIpc) is 2.47. The van der Waals surface area contributed by atoms with E-state index in [-0.39, 0.29) is 0 Å². The van der Waals surface area contributed by atoms with Gasteiger partial charge < -0.3 is 10.4 Å². The molecule has 1 aliphatic rings. The molecule has 2 nitrogen and oxygen atoms in total. The molecule has 1 rings (SSSR count). The summed E-state index contributed by atoms with van der Waals surface area (Å²) in [5, 5.41) is 12.3. The lowest BCUT2D eigenvalue weighted by molar-refractivity contribution is 0.267. The Hall–Kier alpha value is -0.0800. The second-order valence-electron chi connectivity index (χ2n) is 5.01. The van der Waals surface area contributed by atoms with Crippen molar-refractivity contribution in [1.29, 1.82) is 0 Å². The van der Waals surface area contributed by atoms with E-state index in [0.717, 1.165) is 18.9 Å². The number of nitrogens with one attached hydrogen (secondary N) is 1. The van der Waals surface area contributed by atoms with Crippen molar-refractivity contribution in [3.8, 4) is 0 Å². The number of hydrogen-bond donors (Lipinski definition) is 2. The first-order valence-corrected chi connectivity index (χ1v) is 6.67. The first-order valence-electron chi connectivity index (χ1n) is 6.67. The zero-order valence-corrected chi connectivity index (χ0v) is 10.2.